The summed E-state index contributed by atoms with van der Waals surface area (Å²) in [4.78, 5) is 0. The molecule has 3 rings (SSSR count). The van der Waals surface area contributed by atoms with Crippen LogP contribution >= 0.6 is 0 Å². The lowest BCUT2D eigenvalue weighted by Gasteiger charge is -2.08. The Balaban J connectivity index is 2.49. The Hall–Kier alpha value is -1.38. The maximum absolute atomic E-state index is 9.78. The van der Waals surface area contributed by atoms with Crippen molar-refractivity contribution in [3.8, 4) is 0 Å². The molecule has 0 heterocycles. The average molecular weight is 186 g/mol. The monoisotopic (exact) mass is 186 g/mol. The minimum atomic E-state index is -0.768. The van der Waals surface area contributed by atoms with E-state index < -0.39 is 12.2 Å². The van der Waals surface area contributed by atoms with Crippen LogP contribution < -0.4 is 0 Å². The number of hydrogen-bond donors (Lipinski definition) is 2. The Morgan fingerprint density at radius 1 is 0.786 bits per heavy atom. The van der Waals surface area contributed by atoms with Gasteiger partial charge in [0.25, 0.3) is 0 Å². The van der Waals surface area contributed by atoms with Crippen LogP contribution in [0.3, 0.4) is 0 Å². The van der Waals surface area contributed by atoms with Crippen LogP contribution in [0.15, 0.2) is 36.4 Å². The van der Waals surface area contributed by atoms with Gasteiger partial charge >= 0.3 is 0 Å². The minimum Gasteiger partial charge on any atom is -0.385 e. The number of benzene rings is 2. The lowest BCUT2D eigenvalue weighted by Crippen LogP contribution is -2.02. The van der Waals surface area contributed by atoms with Crippen LogP contribution in [0, 0.1) is 0 Å². The molecule has 0 bridgehead atoms. The van der Waals surface area contributed by atoms with E-state index in [0.29, 0.717) is 0 Å². The third-order valence-corrected chi connectivity index (χ3v) is 2.91. The van der Waals surface area contributed by atoms with Gasteiger partial charge in [-0.25, -0.2) is 0 Å². The van der Waals surface area contributed by atoms with E-state index in [9.17, 15) is 10.2 Å². The molecule has 1 aliphatic carbocycles. The predicted octanol–water partition coefficient (Wildman–Crippen LogP) is 1.92. The van der Waals surface area contributed by atoms with Gasteiger partial charge in [-0.1, -0.05) is 36.4 Å². The fraction of sp³-hybridized carbons (Fsp3) is 0.167. The molecule has 0 unspecified atom stereocenters. The van der Waals surface area contributed by atoms with Gasteiger partial charge in [-0.2, -0.15) is 0 Å². The molecule has 0 aromatic heterocycles. The first-order valence-electron chi connectivity index (χ1n) is 4.67. The van der Waals surface area contributed by atoms with E-state index in [1.54, 1.807) is 0 Å². The largest absolute Gasteiger partial charge is 0.385 e. The summed E-state index contributed by atoms with van der Waals surface area (Å²) >= 11 is 0. The first kappa shape index (κ1) is 7.97. The number of rotatable bonds is 0. The molecule has 70 valence electrons. The molecule has 0 amide bonds. The molecule has 0 radical (unpaired) electrons. The highest BCUT2D eigenvalue weighted by Gasteiger charge is 2.30. The zero-order chi connectivity index (χ0) is 9.71. The van der Waals surface area contributed by atoms with Crippen molar-refractivity contribution in [2.45, 2.75) is 12.2 Å². The Morgan fingerprint density at radius 3 is 1.79 bits per heavy atom. The van der Waals surface area contributed by atoms with Crippen LogP contribution in [0.25, 0.3) is 10.8 Å². The summed E-state index contributed by atoms with van der Waals surface area (Å²) in [5.41, 5.74) is 1.68. The average Bonchev–Trinajstić information content (AvgIpc) is 2.47. The van der Waals surface area contributed by atoms with E-state index in [-0.39, 0.29) is 0 Å². The summed E-state index contributed by atoms with van der Waals surface area (Å²) in [7, 11) is 0. The van der Waals surface area contributed by atoms with Crippen LogP contribution in [0.5, 0.6) is 0 Å². The van der Waals surface area contributed by atoms with Crippen molar-refractivity contribution in [2.75, 3.05) is 0 Å². The summed E-state index contributed by atoms with van der Waals surface area (Å²) in [6, 6.07) is 11.5. The quantitative estimate of drug-likeness (QED) is 0.660. The SMILES string of the molecule is O[C@@H]1c2cccc3cccc(c23)[C@@H]1O. The third-order valence-electron chi connectivity index (χ3n) is 2.91. The fourth-order valence-electron chi connectivity index (χ4n) is 2.23. The van der Waals surface area contributed by atoms with E-state index in [2.05, 4.69) is 0 Å². The second kappa shape index (κ2) is 2.56. The molecule has 0 fully saturated rings. The highest BCUT2D eigenvalue weighted by molar-refractivity contribution is 5.91. The molecular formula is C12H10O2. The molecule has 2 heteroatoms. The molecule has 2 aromatic rings. The van der Waals surface area contributed by atoms with E-state index >= 15 is 0 Å². The fourth-order valence-corrected chi connectivity index (χ4v) is 2.23. The second-order valence-electron chi connectivity index (χ2n) is 3.68. The molecular weight excluding hydrogens is 176 g/mol. The molecule has 2 aromatic carbocycles. The highest BCUT2D eigenvalue weighted by atomic mass is 16.3. The standard InChI is InChI=1S/C12H10O2/c13-11-8-5-1-3-7-4-2-6-9(10(7)8)12(11)14/h1-6,11-14H/t11-,12+. The van der Waals surface area contributed by atoms with Gasteiger partial charge in [0.15, 0.2) is 0 Å². The summed E-state index contributed by atoms with van der Waals surface area (Å²) < 4.78 is 0. The molecule has 0 aliphatic heterocycles. The zero-order valence-electron chi connectivity index (χ0n) is 7.51. The normalized spacial score (nSPS) is 24.4. The maximum atomic E-state index is 9.78. The van der Waals surface area contributed by atoms with Crippen molar-refractivity contribution in [3.05, 3.63) is 47.5 Å². The van der Waals surface area contributed by atoms with Crippen LogP contribution in [-0.2, 0) is 0 Å². The van der Waals surface area contributed by atoms with Crippen LogP contribution in [0.1, 0.15) is 23.3 Å². The van der Waals surface area contributed by atoms with Gasteiger partial charge in [0.2, 0.25) is 0 Å². The lowest BCUT2D eigenvalue weighted by molar-refractivity contribution is 0.0253. The molecule has 2 N–H and O–H groups in total. The topological polar surface area (TPSA) is 40.5 Å². The lowest BCUT2D eigenvalue weighted by atomic mass is 10.1. The molecule has 1 aliphatic rings. The van der Waals surface area contributed by atoms with Crippen molar-refractivity contribution >= 4 is 10.8 Å². The molecule has 0 saturated heterocycles. The Morgan fingerprint density at radius 2 is 1.29 bits per heavy atom. The molecule has 2 nitrogen and oxygen atoms in total. The van der Waals surface area contributed by atoms with Crippen molar-refractivity contribution in [2.24, 2.45) is 0 Å². The smallest absolute Gasteiger partial charge is 0.110 e. The van der Waals surface area contributed by atoms with Gasteiger partial charge in [0, 0.05) is 0 Å². The van der Waals surface area contributed by atoms with Crippen molar-refractivity contribution in [1.29, 1.82) is 0 Å². The van der Waals surface area contributed by atoms with Crippen LogP contribution in [0.2, 0.25) is 0 Å². The van der Waals surface area contributed by atoms with E-state index in [1.807, 2.05) is 36.4 Å². The van der Waals surface area contributed by atoms with E-state index in [1.165, 1.54) is 0 Å². The maximum Gasteiger partial charge on any atom is 0.110 e. The number of aliphatic hydroxyl groups is 2. The second-order valence-corrected chi connectivity index (χ2v) is 3.68. The zero-order valence-corrected chi connectivity index (χ0v) is 7.51. The summed E-state index contributed by atoms with van der Waals surface area (Å²) in [5.74, 6) is 0. The van der Waals surface area contributed by atoms with Crippen LogP contribution in [0.4, 0.5) is 0 Å². The molecule has 2 atom stereocenters. The van der Waals surface area contributed by atoms with Gasteiger partial charge in [0.05, 0.1) is 0 Å². The van der Waals surface area contributed by atoms with Crippen LogP contribution in [-0.4, -0.2) is 10.2 Å². The Labute approximate surface area is 81.4 Å². The van der Waals surface area contributed by atoms with Gasteiger partial charge in [-0.15, -0.1) is 0 Å². The van der Waals surface area contributed by atoms with E-state index in [4.69, 9.17) is 0 Å². The Kier molecular flexibility index (Phi) is 1.46. The molecule has 0 spiro atoms. The first-order valence-corrected chi connectivity index (χ1v) is 4.67. The van der Waals surface area contributed by atoms with Gasteiger partial charge in [0.1, 0.15) is 12.2 Å². The van der Waals surface area contributed by atoms with Gasteiger partial charge in [-0.3, -0.25) is 0 Å². The number of aliphatic hydroxyl groups excluding tert-OH is 2. The van der Waals surface area contributed by atoms with Crippen molar-refractivity contribution < 1.29 is 10.2 Å². The summed E-state index contributed by atoms with van der Waals surface area (Å²) in [6.45, 7) is 0. The first-order chi connectivity index (χ1) is 6.79. The summed E-state index contributed by atoms with van der Waals surface area (Å²) in [6.07, 6.45) is -1.54. The van der Waals surface area contributed by atoms with Crippen molar-refractivity contribution in [3.63, 3.8) is 0 Å². The number of hydrogen-bond acceptors (Lipinski definition) is 2. The highest BCUT2D eigenvalue weighted by Crippen LogP contribution is 2.43. The predicted molar refractivity (Wildman–Crippen MR) is 53.9 cm³/mol. The Bertz CT molecular complexity index is 462. The minimum absolute atomic E-state index is 0.767. The van der Waals surface area contributed by atoms with Gasteiger partial charge < -0.3 is 10.2 Å². The molecule has 14 heavy (non-hydrogen) atoms. The third kappa shape index (κ3) is 0.820. The van der Waals surface area contributed by atoms with E-state index in [0.717, 1.165) is 21.9 Å². The summed E-state index contributed by atoms with van der Waals surface area (Å²) in [5, 5.41) is 21.7. The molecule has 0 saturated carbocycles. The van der Waals surface area contributed by atoms with Crippen molar-refractivity contribution in [1.82, 2.24) is 0 Å². The van der Waals surface area contributed by atoms with Gasteiger partial charge in [-0.05, 0) is 21.9 Å².